The van der Waals surface area contributed by atoms with Crippen molar-refractivity contribution in [3.63, 3.8) is 0 Å². The summed E-state index contributed by atoms with van der Waals surface area (Å²) in [5.41, 5.74) is 3.87. The molecule has 0 atom stereocenters. The molecule has 5 nitrogen and oxygen atoms in total. The molecule has 1 aliphatic heterocycles. The van der Waals surface area contributed by atoms with Gasteiger partial charge in [-0.2, -0.15) is 0 Å². The lowest BCUT2D eigenvalue weighted by molar-refractivity contribution is -0.131. The number of aliphatic carboxylic acids is 1. The Bertz CT molecular complexity index is 1020. The van der Waals surface area contributed by atoms with Crippen molar-refractivity contribution < 1.29 is 9.90 Å². The number of carbonyl (C=O) groups is 1. The molecule has 2 aromatic carbocycles. The van der Waals surface area contributed by atoms with E-state index in [1.165, 1.54) is 11.9 Å². The predicted octanol–water partition coefficient (Wildman–Crippen LogP) is 4.08. The molecule has 1 N–H and O–H groups in total. The number of nitrogens with zero attached hydrogens (tertiary/aromatic N) is 3. The highest BCUT2D eigenvalue weighted by Crippen LogP contribution is 2.37. The lowest BCUT2D eigenvalue weighted by Crippen LogP contribution is -2.15. The number of anilines is 2. The molecule has 124 valence electrons. The van der Waals surface area contributed by atoms with Gasteiger partial charge in [-0.05, 0) is 47.9 Å². The number of aromatic nitrogens is 2. The van der Waals surface area contributed by atoms with Gasteiger partial charge in [-0.15, -0.1) is 0 Å². The van der Waals surface area contributed by atoms with E-state index in [9.17, 15) is 4.79 Å². The fraction of sp³-hybridized carbons (Fsp3) is 0.105. The molecule has 0 unspecified atom stereocenters. The molecule has 0 radical (unpaired) electrons. The van der Waals surface area contributed by atoms with E-state index >= 15 is 0 Å². The summed E-state index contributed by atoms with van der Waals surface area (Å²) in [6, 6.07) is 11.6. The normalized spacial score (nSPS) is 13.6. The second-order valence-corrected chi connectivity index (χ2v) is 6.26. The minimum absolute atomic E-state index is 0.699. The van der Waals surface area contributed by atoms with E-state index in [4.69, 9.17) is 16.7 Å². The van der Waals surface area contributed by atoms with Crippen LogP contribution in [0.3, 0.4) is 0 Å². The first-order valence-corrected chi connectivity index (χ1v) is 8.21. The fourth-order valence-electron chi connectivity index (χ4n) is 3.12. The van der Waals surface area contributed by atoms with Crippen molar-refractivity contribution >= 4 is 46.1 Å². The molecule has 2 heterocycles. The van der Waals surface area contributed by atoms with Crippen molar-refractivity contribution in [1.82, 2.24) is 9.97 Å². The zero-order valence-corrected chi connectivity index (χ0v) is 13.9. The van der Waals surface area contributed by atoms with Crippen LogP contribution in [0.2, 0.25) is 5.02 Å². The molecule has 0 bridgehead atoms. The van der Waals surface area contributed by atoms with Crippen LogP contribution < -0.4 is 4.90 Å². The molecule has 0 amide bonds. The third kappa shape index (κ3) is 2.94. The lowest BCUT2D eigenvalue weighted by Gasteiger charge is -2.20. The highest BCUT2D eigenvalue weighted by molar-refractivity contribution is 6.31. The van der Waals surface area contributed by atoms with Crippen molar-refractivity contribution in [1.29, 1.82) is 0 Å². The summed E-state index contributed by atoms with van der Waals surface area (Å²) in [5, 5.41) is 10.4. The van der Waals surface area contributed by atoms with Gasteiger partial charge in [0.25, 0.3) is 0 Å². The van der Waals surface area contributed by atoms with Gasteiger partial charge in [0.15, 0.2) is 0 Å². The summed E-state index contributed by atoms with van der Waals surface area (Å²) >= 11 is 6.16. The third-order valence-corrected chi connectivity index (χ3v) is 4.49. The lowest BCUT2D eigenvalue weighted by atomic mass is 10.1. The third-order valence-electron chi connectivity index (χ3n) is 4.26. The predicted molar refractivity (Wildman–Crippen MR) is 98.4 cm³/mol. The molecule has 3 aromatic rings. The maximum absolute atomic E-state index is 10.7. The smallest absolute Gasteiger partial charge is 0.328 e. The van der Waals surface area contributed by atoms with E-state index in [0.717, 1.165) is 47.0 Å². The van der Waals surface area contributed by atoms with Gasteiger partial charge in [0.1, 0.15) is 12.1 Å². The number of fused-ring (bicyclic) bond motifs is 2. The number of carboxylic acid groups (broad SMARTS) is 1. The fourth-order valence-corrected chi connectivity index (χ4v) is 3.28. The van der Waals surface area contributed by atoms with Crippen molar-refractivity contribution in [3.05, 3.63) is 65.0 Å². The minimum atomic E-state index is -0.978. The van der Waals surface area contributed by atoms with Gasteiger partial charge in [0, 0.05) is 28.7 Å². The van der Waals surface area contributed by atoms with Crippen LogP contribution in [0, 0.1) is 0 Å². The Morgan fingerprint density at radius 3 is 2.92 bits per heavy atom. The zero-order chi connectivity index (χ0) is 17.4. The van der Waals surface area contributed by atoms with Gasteiger partial charge in [0.05, 0.1) is 5.52 Å². The highest BCUT2D eigenvalue weighted by atomic mass is 35.5. The molecule has 0 aliphatic carbocycles. The molecule has 0 fully saturated rings. The molecule has 1 aromatic heterocycles. The number of carboxylic acids is 1. The number of rotatable bonds is 3. The van der Waals surface area contributed by atoms with Crippen molar-refractivity contribution in [2.24, 2.45) is 0 Å². The Morgan fingerprint density at radius 2 is 2.08 bits per heavy atom. The second-order valence-electron chi connectivity index (χ2n) is 5.82. The summed E-state index contributed by atoms with van der Waals surface area (Å²) < 4.78 is 0. The molecule has 0 saturated heterocycles. The maximum Gasteiger partial charge on any atom is 0.328 e. The van der Waals surface area contributed by atoms with Crippen LogP contribution in [0.15, 0.2) is 48.8 Å². The summed E-state index contributed by atoms with van der Waals surface area (Å²) in [6.07, 6.45) is 5.14. The van der Waals surface area contributed by atoms with E-state index in [0.29, 0.717) is 5.02 Å². The molecule has 4 rings (SSSR count). The van der Waals surface area contributed by atoms with Crippen LogP contribution in [0.5, 0.6) is 0 Å². The molecular formula is C19H14ClN3O2. The van der Waals surface area contributed by atoms with Gasteiger partial charge in [0.2, 0.25) is 0 Å². The Labute approximate surface area is 149 Å². The van der Waals surface area contributed by atoms with Crippen LogP contribution in [-0.2, 0) is 11.2 Å². The number of benzene rings is 2. The van der Waals surface area contributed by atoms with E-state index in [-0.39, 0.29) is 0 Å². The van der Waals surface area contributed by atoms with Gasteiger partial charge in [-0.3, -0.25) is 0 Å². The SMILES string of the molecule is O=C(O)C=Cc1ccc2c(N3CCc4ccc(Cl)cc43)ncnc2c1. The zero-order valence-electron chi connectivity index (χ0n) is 13.2. The maximum atomic E-state index is 10.7. The molecule has 25 heavy (non-hydrogen) atoms. The van der Waals surface area contributed by atoms with Crippen LogP contribution in [0.4, 0.5) is 11.5 Å². The molecular weight excluding hydrogens is 338 g/mol. The van der Waals surface area contributed by atoms with Crippen LogP contribution >= 0.6 is 11.6 Å². The van der Waals surface area contributed by atoms with E-state index < -0.39 is 5.97 Å². The average molecular weight is 352 g/mol. The topological polar surface area (TPSA) is 66.3 Å². The molecule has 1 aliphatic rings. The van der Waals surface area contributed by atoms with Gasteiger partial charge in [-0.25, -0.2) is 14.8 Å². The number of halogens is 1. The summed E-state index contributed by atoms with van der Waals surface area (Å²) in [4.78, 5) is 21.6. The van der Waals surface area contributed by atoms with Gasteiger partial charge >= 0.3 is 5.97 Å². The largest absolute Gasteiger partial charge is 0.478 e. The summed E-state index contributed by atoms with van der Waals surface area (Å²) in [5.74, 6) is -0.145. The average Bonchev–Trinajstić information content (AvgIpc) is 3.02. The monoisotopic (exact) mass is 351 g/mol. The van der Waals surface area contributed by atoms with Crippen molar-refractivity contribution in [2.75, 3.05) is 11.4 Å². The van der Waals surface area contributed by atoms with E-state index in [1.807, 2.05) is 30.3 Å². The Balaban J connectivity index is 1.79. The second kappa shape index (κ2) is 6.18. The van der Waals surface area contributed by atoms with Crippen LogP contribution in [0.25, 0.3) is 17.0 Å². The van der Waals surface area contributed by atoms with Gasteiger partial charge < -0.3 is 10.0 Å². The first kappa shape index (κ1) is 15.6. The van der Waals surface area contributed by atoms with Gasteiger partial charge in [-0.1, -0.05) is 23.7 Å². The molecule has 0 spiro atoms. The summed E-state index contributed by atoms with van der Waals surface area (Å²) in [6.45, 7) is 0.836. The Kier molecular flexibility index (Phi) is 3.86. The van der Waals surface area contributed by atoms with Crippen molar-refractivity contribution in [3.8, 4) is 0 Å². The Hall–Kier alpha value is -2.92. The molecule has 6 heteroatoms. The first-order chi connectivity index (χ1) is 12.1. The first-order valence-electron chi connectivity index (χ1n) is 7.83. The van der Waals surface area contributed by atoms with Crippen LogP contribution in [-0.4, -0.2) is 27.6 Å². The Morgan fingerprint density at radius 1 is 1.20 bits per heavy atom. The number of hydrogen-bond donors (Lipinski definition) is 1. The highest BCUT2D eigenvalue weighted by Gasteiger charge is 2.23. The molecule has 0 saturated carbocycles. The quantitative estimate of drug-likeness (QED) is 0.720. The standard InChI is InChI=1S/C19H14ClN3O2/c20-14-4-3-13-7-8-23(17(13)10-14)19-15-5-1-12(2-6-18(24)25)9-16(15)21-11-22-19/h1-6,9-11H,7-8H2,(H,24,25). The van der Waals surface area contributed by atoms with E-state index in [2.05, 4.69) is 20.9 Å². The minimum Gasteiger partial charge on any atom is -0.478 e. The van der Waals surface area contributed by atoms with Crippen molar-refractivity contribution in [2.45, 2.75) is 6.42 Å². The van der Waals surface area contributed by atoms with E-state index in [1.54, 1.807) is 6.08 Å². The number of hydrogen-bond acceptors (Lipinski definition) is 4. The van der Waals surface area contributed by atoms with Crippen LogP contribution in [0.1, 0.15) is 11.1 Å². The summed E-state index contributed by atoms with van der Waals surface area (Å²) in [7, 11) is 0.